The Morgan fingerprint density at radius 2 is 2.05 bits per heavy atom. The zero-order valence-electron chi connectivity index (χ0n) is 11.9. The van der Waals surface area contributed by atoms with Gasteiger partial charge in [0.05, 0.1) is 0 Å². The van der Waals surface area contributed by atoms with Gasteiger partial charge in [-0.25, -0.2) is 4.98 Å². The van der Waals surface area contributed by atoms with Crippen LogP contribution in [-0.2, 0) is 11.3 Å². The lowest BCUT2D eigenvalue weighted by molar-refractivity contribution is -0.125. The minimum atomic E-state index is 0.113. The third-order valence-corrected chi connectivity index (χ3v) is 4.30. The van der Waals surface area contributed by atoms with Gasteiger partial charge in [-0.1, -0.05) is 38.1 Å². The number of rotatable bonds is 6. The Labute approximate surface area is 124 Å². The van der Waals surface area contributed by atoms with Crippen molar-refractivity contribution in [2.75, 3.05) is 0 Å². The van der Waals surface area contributed by atoms with E-state index < -0.39 is 0 Å². The summed E-state index contributed by atoms with van der Waals surface area (Å²) in [5, 5.41) is 6.01. The Kier molecular flexibility index (Phi) is 5.30. The number of hydrogen-bond donors (Lipinski definition) is 1. The molecule has 0 spiro atoms. The highest BCUT2D eigenvalue weighted by molar-refractivity contribution is 7.13. The van der Waals surface area contributed by atoms with Gasteiger partial charge in [0.1, 0.15) is 5.01 Å². The van der Waals surface area contributed by atoms with Gasteiger partial charge in [-0.2, -0.15) is 0 Å². The molecule has 1 aromatic heterocycles. The monoisotopic (exact) mass is 288 g/mol. The van der Waals surface area contributed by atoms with Crippen LogP contribution in [0.2, 0.25) is 0 Å². The van der Waals surface area contributed by atoms with Crippen LogP contribution in [0.4, 0.5) is 0 Å². The van der Waals surface area contributed by atoms with Crippen molar-refractivity contribution < 1.29 is 4.79 Å². The van der Waals surface area contributed by atoms with Crippen molar-refractivity contribution in [3.05, 3.63) is 41.4 Å². The Balaban J connectivity index is 2.09. The first-order chi connectivity index (χ1) is 9.76. The minimum Gasteiger partial charge on any atom is -0.352 e. The van der Waals surface area contributed by atoms with E-state index in [2.05, 4.69) is 30.2 Å². The van der Waals surface area contributed by atoms with Crippen LogP contribution >= 0.6 is 11.3 Å². The molecule has 106 valence electrons. The van der Waals surface area contributed by atoms with Gasteiger partial charge in [-0.05, 0) is 18.4 Å². The van der Waals surface area contributed by atoms with Crippen LogP contribution in [0.3, 0.4) is 0 Å². The van der Waals surface area contributed by atoms with Crippen LogP contribution in [0, 0.1) is 5.92 Å². The fourth-order valence-electron chi connectivity index (χ4n) is 2.23. The average Bonchev–Trinajstić information content (AvgIpc) is 3.01. The fourth-order valence-corrected chi connectivity index (χ4v) is 2.92. The zero-order valence-corrected chi connectivity index (χ0v) is 12.7. The number of thiazole rings is 1. The summed E-state index contributed by atoms with van der Waals surface area (Å²) in [6.45, 7) is 4.67. The zero-order chi connectivity index (χ0) is 14.4. The number of nitrogens with zero attached hydrogens (tertiary/aromatic N) is 1. The van der Waals surface area contributed by atoms with E-state index in [0.717, 1.165) is 29.0 Å². The Bertz CT molecular complexity index is 547. The van der Waals surface area contributed by atoms with E-state index in [-0.39, 0.29) is 11.8 Å². The summed E-state index contributed by atoms with van der Waals surface area (Å²) in [5.74, 6) is 0.256. The van der Waals surface area contributed by atoms with Crippen molar-refractivity contribution in [2.24, 2.45) is 5.92 Å². The highest BCUT2D eigenvalue weighted by atomic mass is 32.1. The highest BCUT2D eigenvalue weighted by Gasteiger charge is 2.14. The lowest BCUT2D eigenvalue weighted by Gasteiger charge is -2.14. The summed E-state index contributed by atoms with van der Waals surface area (Å²) in [6, 6.07) is 8.10. The lowest BCUT2D eigenvalue weighted by Crippen LogP contribution is -2.29. The van der Waals surface area contributed by atoms with Gasteiger partial charge in [0.25, 0.3) is 0 Å². The maximum atomic E-state index is 12.1. The largest absolute Gasteiger partial charge is 0.352 e. The Hall–Kier alpha value is -1.68. The molecule has 0 radical (unpaired) electrons. The molecule has 1 amide bonds. The fraction of sp³-hybridized carbons (Fsp3) is 0.375. The highest BCUT2D eigenvalue weighted by Crippen LogP contribution is 2.25. The van der Waals surface area contributed by atoms with Gasteiger partial charge in [0.2, 0.25) is 5.91 Å². The quantitative estimate of drug-likeness (QED) is 0.877. The number of nitrogens with one attached hydrogen (secondary N) is 1. The third kappa shape index (κ3) is 3.45. The van der Waals surface area contributed by atoms with Crippen LogP contribution in [0.15, 0.2) is 35.8 Å². The molecule has 4 heteroatoms. The van der Waals surface area contributed by atoms with Crippen molar-refractivity contribution >= 4 is 17.2 Å². The molecule has 0 bridgehead atoms. The second kappa shape index (κ2) is 7.20. The normalized spacial score (nSPS) is 10.8. The van der Waals surface area contributed by atoms with Crippen molar-refractivity contribution in [1.82, 2.24) is 10.3 Å². The summed E-state index contributed by atoms with van der Waals surface area (Å²) in [7, 11) is 0. The van der Waals surface area contributed by atoms with Crippen LogP contribution in [0.25, 0.3) is 10.6 Å². The van der Waals surface area contributed by atoms with Gasteiger partial charge in [-0.3, -0.25) is 4.79 Å². The van der Waals surface area contributed by atoms with Crippen LogP contribution in [0.5, 0.6) is 0 Å². The molecule has 0 saturated carbocycles. The summed E-state index contributed by atoms with van der Waals surface area (Å²) < 4.78 is 0. The predicted molar refractivity (Wildman–Crippen MR) is 83.5 cm³/mol. The third-order valence-electron chi connectivity index (χ3n) is 3.49. The smallest absolute Gasteiger partial charge is 0.223 e. The van der Waals surface area contributed by atoms with E-state index in [9.17, 15) is 4.79 Å². The van der Waals surface area contributed by atoms with Crippen molar-refractivity contribution in [2.45, 2.75) is 33.2 Å². The minimum absolute atomic E-state index is 0.113. The van der Waals surface area contributed by atoms with E-state index in [0.29, 0.717) is 6.54 Å². The first-order valence-electron chi connectivity index (χ1n) is 7.01. The predicted octanol–water partition coefficient (Wildman–Crippen LogP) is 3.86. The second-order valence-corrected chi connectivity index (χ2v) is 5.62. The standard InChI is InChI=1S/C16H20N2OS/c1-3-12(4-2)15(19)18-11-13-7-5-6-8-14(13)16-17-9-10-20-16/h5-10,12H,3-4,11H2,1-2H3,(H,18,19). The van der Waals surface area contributed by atoms with E-state index in [1.54, 1.807) is 17.5 Å². The molecule has 1 aromatic carbocycles. The molecule has 0 saturated heterocycles. The maximum absolute atomic E-state index is 12.1. The Morgan fingerprint density at radius 3 is 2.70 bits per heavy atom. The van der Waals surface area contributed by atoms with Crippen molar-refractivity contribution in [1.29, 1.82) is 0 Å². The molecule has 0 unspecified atom stereocenters. The first-order valence-corrected chi connectivity index (χ1v) is 7.89. The Morgan fingerprint density at radius 1 is 1.30 bits per heavy atom. The van der Waals surface area contributed by atoms with Crippen molar-refractivity contribution in [3.8, 4) is 10.6 Å². The number of benzene rings is 1. The molecule has 2 rings (SSSR count). The molecule has 2 aromatic rings. The summed E-state index contributed by atoms with van der Waals surface area (Å²) in [4.78, 5) is 16.4. The van der Waals surface area contributed by atoms with Gasteiger partial charge >= 0.3 is 0 Å². The van der Waals surface area contributed by atoms with Crippen LogP contribution in [-0.4, -0.2) is 10.9 Å². The molecule has 20 heavy (non-hydrogen) atoms. The summed E-state index contributed by atoms with van der Waals surface area (Å²) >= 11 is 1.62. The lowest BCUT2D eigenvalue weighted by atomic mass is 10.0. The second-order valence-electron chi connectivity index (χ2n) is 4.73. The number of hydrogen-bond acceptors (Lipinski definition) is 3. The molecule has 1 heterocycles. The average molecular weight is 288 g/mol. The van der Waals surface area contributed by atoms with E-state index >= 15 is 0 Å². The number of aromatic nitrogens is 1. The summed E-state index contributed by atoms with van der Waals surface area (Å²) in [5.41, 5.74) is 2.22. The molecule has 0 aliphatic rings. The number of carbonyl (C=O) groups excluding carboxylic acids is 1. The van der Waals surface area contributed by atoms with Gasteiger partial charge in [0, 0.05) is 29.6 Å². The molecule has 0 fully saturated rings. The molecular weight excluding hydrogens is 268 g/mol. The molecule has 0 aliphatic heterocycles. The van der Waals surface area contributed by atoms with Gasteiger partial charge in [-0.15, -0.1) is 11.3 Å². The number of carbonyl (C=O) groups is 1. The molecule has 3 nitrogen and oxygen atoms in total. The summed E-state index contributed by atoms with van der Waals surface area (Å²) in [6.07, 6.45) is 3.58. The van der Waals surface area contributed by atoms with E-state index in [1.165, 1.54) is 0 Å². The molecule has 0 atom stereocenters. The SMILES string of the molecule is CCC(CC)C(=O)NCc1ccccc1-c1nccs1. The first kappa shape index (κ1) is 14.7. The number of amides is 1. The molecular formula is C16H20N2OS. The molecule has 1 N–H and O–H groups in total. The van der Waals surface area contributed by atoms with Gasteiger partial charge in [0.15, 0.2) is 0 Å². The van der Waals surface area contributed by atoms with Crippen LogP contribution < -0.4 is 5.32 Å². The maximum Gasteiger partial charge on any atom is 0.223 e. The van der Waals surface area contributed by atoms with Crippen molar-refractivity contribution in [3.63, 3.8) is 0 Å². The van der Waals surface area contributed by atoms with E-state index in [4.69, 9.17) is 0 Å². The van der Waals surface area contributed by atoms with Crippen LogP contribution in [0.1, 0.15) is 32.3 Å². The van der Waals surface area contributed by atoms with E-state index in [1.807, 2.05) is 23.6 Å². The molecule has 0 aliphatic carbocycles. The van der Waals surface area contributed by atoms with Gasteiger partial charge < -0.3 is 5.32 Å². The topological polar surface area (TPSA) is 42.0 Å².